The molecule has 0 heterocycles. The molecule has 112 valence electrons. The van der Waals surface area contributed by atoms with Gasteiger partial charge in [-0.3, -0.25) is 0 Å². The predicted molar refractivity (Wildman–Crippen MR) is 80.2 cm³/mol. The Bertz CT molecular complexity index is 643. The molecule has 0 aliphatic carbocycles. The van der Waals surface area contributed by atoms with Crippen molar-refractivity contribution >= 4 is 27.5 Å². The van der Waals surface area contributed by atoms with Crippen LogP contribution in [0.1, 0.15) is 21.5 Å². The zero-order valence-corrected chi connectivity index (χ0v) is 13.3. The van der Waals surface area contributed by atoms with Crippen molar-refractivity contribution in [2.24, 2.45) is 0 Å². The second-order valence-corrected chi connectivity index (χ2v) is 5.69. The van der Waals surface area contributed by atoms with E-state index >= 15 is 0 Å². The molecule has 0 N–H and O–H groups in total. The normalized spacial score (nSPS) is 13.0. The van der Waals surface area contributed by atoms with Crippen molar-refractivity contribution in [3.8, 4) is 5.75 Å². The molecule has 0 radical (unpaired) electrons. The molecule has 1 nitrogen and oxygen atoms in total. The van der Waals surface area contributed by atoms with Crippen molar-refractivity contribution < 1.29 is 17.9 Å². The molecule has 1 unspecified atom stereocenters. The molecule has 0 fully saturated rings. The number of ether oxygens (including phenoxy) is 1. The van der Waals surface area contributed by atoms with E-state index in [0.29, 0.717) is 16.3 Å². The Morgan fingerprint density at radius 1 is 1.10 bits per heavy atom. The van der Waals surface area contributed by atoms with Crippen molar-refractivity contribution in [1.29, 1.82) is 0 Å². The first kappa shape index (κ1) is 16.2. The summed E-state index contributed by atoms with van der Waals surface area (Å²) in [7, 11) is 1.46. The van der Waals surface area contributed by atoms with E-state index in [1.165, 1.54) is 19.2 Å². The average molecular weight is 380 g/mol. The van der Waals surface area contributed by atoms with E-state index in [-0.39, 0.29) is 5.56 Å². The van der Waals surface area contributed by atoms with Gasteiger partial charge in [-0.05, 0) is 29.8 Å². The Morgan fingerprint density at radius 2 is 1.76 bits per heavy atom. The Kier molecular flexibility index (Phi) is 4.84. The number of hydrogen-bond acceptors (Lipinski definition) is 1. The zero-order valence-electron chi connectivity index (χ0n) is 10.9. The molecule has 2 aromatic carbocycles. The molecule has 0 amide bonds. The van der Waals surface area contributed by atoms with Crippen LogP contribution >= 0.6 is 27.5 Å². The van der Waals surface area contributed by atoms with E-state index in [0.717, 1.165) is 6.07 Å². The quantitative estimate of drug-likeness (QED) is 0.608. The minimum absolute atomic E-state index is 0.116. The summed E-state index contributed by atoms with van der Waals surface area (Å²) in [4.78, 5) is -0.677. The maximum absolute atomic E-state index is 13.1. The highest BCUT2D eigenvalue weighted by Crippen LogP contribution is 2.43. The summed E-state index contributed by atoms with van der Waals surface area (Å²) in [6.45, 7) is 0. The lowest BCUT2D eigenvalue weighted by Gasteiger charge is -2.19. The smallest absolute Gasteiger partial charge is 0.416 e. The lowest BCUT2D eigenvalue weighted by atomic mass is 9.98. The van der Waals surface area contributed by atoms with E-state index in [9.17, 15) is 13.2 Å². The number of rotatable bonds is 3. The Morgan fingerprint density at radius 3 is 2.38 bits per heavy atom. The summed E-state index contributed by atoms with van der Waals surface area (Å²) >= 11 is 9.26. The third-order valence-corrected chi connectivity index (χ3v) is 4.23. The molecule has 2 rings (SSSR count). The number of hydrogen-bond donors (Lipinski definition) is 0. The van der Waals surface area contributed by atoms with Crippen LogP contribution in [0.3, 0.4) is 0 Å². The predicted octanol–water partition coefficient (Wildman–Crippen LogP) is 5.85. The first-order valence-corrected chi connectivity index (χ1v) is 7.27. The van der Waals surface area contributed by atoms with Gasteiger partial charge >= 0.3 is 6.18 Å². The van der Waals surface area contributed by atoms with Crippen LogP contribution in [0.2, 0.25) is 5.02 Å². The summed E-state index contributed by atoms with van der Waals surface area (Å²) in [5, 5.41) is 0.430. The first-order valence-electron chi connectivity index (χ1n) is 5.98. The Hall–Kier alpha value is -1.20. The van der Waals surface area contributed by atoms with Gasteiger partial charge in [0.15, 0.2) is 0 Å². The van der Waals surface area contributed by atoms with E-state index in [1.807, 2.05) is 0 Å². The lowest BCUT2D eigenvalue weighted by molar-refractivity contribution is -0.138. The van der Waals surface area contributed by atoms with Gasteiger partial charge < -0.3 is 4.74 Å². The van der Waals surface area contributed by atoms with Gasteiger partial charge in [0.05, 0.1) is 17.5 Å². The van der Waals surface area contributed by atoms with Crippen LogP contribution in [0.15, 0.2) is 42.5 Å². The molecule has 2 aromatic rings. The van der Waals surface area contributed by atoms with Crippen LogP contribution in [-0.4, -0.2) is 7.11 Å². The number of benzene rings is 2. The van der Waals surface area contributed by atoms with Crippen LogP contribution in [0.5, 0.6) is 5.75 Å². The average Bonchev–Trinajstić information content (AvgIpc) is 2.45. The number of halogens is 5. The summed E-state index contributed by atoms with van der Waals surface area (Å²) in [5.41, 5.74) is -0.0267. The lowest BCUT2D eigenvalue weighted by Crippen LogP contribution is -2.10. The van der Waals surface area contributed by atoms with Crippen molar-refractivity contribution in [3.05, 3.63) is 64.2 Å². The second kappa shape index (κ2) is 6.28. The molecule has 0 spiro atoms. The van der Waals surface area contributed by atoms with Crippen LogP contribution in [0.4, 0.5) is 13.2 Å². The Balaban J connectivity index is 2.56. The largest absolute Gasteiger partial charge is 0.496 e. The second-order valence-electron chi connectivity index (χ2n) is 4.33. The van der Waals surface area contributed by atoms with E-state index in [1.54, 1.807) is 24.3 Å². The SMILES string of the molecule is COc1ccc(Cl)cc1C(Br)c1ccccc1C(F)(F)F. The van der Waals surface area contributed by atoms with E-state index < -0.39 is 16.6 Å². The molecule has 0 saturated heterocycles. The fourth-order valence-corrected chi connectivity index (χ4v) is 2.98. The molecule has 0 aliphatic heterocycles. The van der Waals surface area contributed by atoms with Crippen molar-refractivity contribution in [2.45, 2.75) is 11.0 Å². The minimum atomic E-state index is -4.42. The van der Waals surface area contributed by atoms with Gasteiger partial charge in [-0.2, -0.15) is 13.2 Å². The summed E-state index contributed by atoms with van der Waals surface area (Å²) in [5.74, 6) is 0.471. The van der Waals surface area contributed by atoms with Gasteiger partial charge in [0.25, 0.3) is 0 Å². The molecule has 0 aliphatic rings. The van der Waals surface area contributed by atoms with Gasteiger partial charge in [-0.25, -0.2) is 0 Å². The molecule has 1 atom stereocenters. The maximum Gasteiger partial charge on any atom is 0.416 e. The van der Waals surface area contributed by atoms with Crippen molar-refractivity contribution in [2.75, 3.05) is 7.11 Å². The topological polar surface area (TPSA) is 9.23 Å². The van der Waals surface area contributed by atoms with Gasteiger partial charge in [-0.15, -0.1) is 0 Å². The third kappa shape index (κ3) is 3.52. The highest BCUT2D eigenvalue weighted by Gasteiger charge is 2.35. The summed E-state index contributed by atoms with van der Waals surface area (Å²) < 4.78 is 44.5. The molecular weight excluding hydrogens is 369 g/mol. The van der Waals surface area contributed by atoms with Crippen LogP contribution in [0, 0.1) is 0 Å². The Labute approximate surface area is 133 Å². The number of alkyl halides is 4. The van der Waals surface area contributed by atoms with E-state index in [4.69, 9.17) is 16.3 Å². The van der Waals surface area contributed by atoms with Gasteiger partial charge in [0.2, 0.25) is 0 Å². The molecule has 0 aromatic heterocycles. The maximum atomic E-state index is 13.1. The minimum Gasteiger partial charge on any atom is -0.496 e. The summed E-state index contributed by atoms with van der Waals surface area (Å²) in [6.07, 6.45) is -4.42. The molecule has 0 bridgehead atoms. The van der Waals surface area contributed by atoms with E-state index in [2.05, 4.69) is 15.9 Å². The third-order valence-electron chi connectivity index (χ3n) is 3.00. The van der Waals surface area contributed by atoms with Crippen LogP contribution in [-0.2, 0) is 6.18 Å². The molecular formula is C15H11BrClF3O. The summed E-state index contributed by atoms with van der Waals surface area (Å²) in [6, 6.07) is 10.3. The fraction of sp³-hybridized carbons (Fsp3) is 0.200. The van der Waals surface area contributed by atoms with Gasteiger partial charge in [0.1, 0.15) is 5.75 Å². The van der Waals surface area contributed by atoms with Gasteiger partial charge in [-0.1, -0.05) is 45.7 Å². The number of methoxy groups -OCH3 is 1. The zero-order chi connectivity index (χ0) is 15.6. The fourth-order valence-electron chi connectivity index (χ4n) is 2.05. The van der Waals surface area contributed by atoms with Crippen LogP contribution in [0.25, 0.3) is 0 Å². The standard InChI is InChI=1S/C15H11BrClF3O/c1-21-13-7-6-9(17)8-11(13)14(16)10-4-2-3-5-12(10)15(18,19)20/h2-8,14H,1H3. The highest BCUT2D eigenvalue weighted by atomic mass is 79.9. The molecule has 0 saturated carbocycles. The highest BCUT2D eigenvalue weighted by molar-refractivity contribution is 9.09. The molecule has 6 heteroatoms. The van der Waals surface area contributed by atoms with Crippen molar-refractivity contribution in [1.82, 2.24) is 0 Å². The van der Waals surface area contributed by atoms with Gasteiger partial charge in [0, 0.05) is 10.6 Å². The molecule has 21 heavy (non-hydrogen) atoms. The van der Waals surface area contributed by atoms with Crippen LogP contribution < -0.4 is 4.74 Å². The monoisotopic (exact) mass is 378 g/mol. The van der Waals surface area contributed by atoms with Crippen molar-refractivity contribution in [3.63, 3.8) is 0 Å². The first-order chi connectivity index (χ1) is 9.84.